The summed E-state index contributed by atoms with van der Waals surface area (Å²) in [7, 11) is -1.79. The van der Waals surface area contributed by atoms with Crippen LogP contribution >= 0.6 is 0 Å². The number of anilines is 1. The second kappa shape index (κ2) is 7.03. The Labute approximate surface area is 174 Å². The van der Waals surface area contributed by atoms with E-state index in [1.54, 1.807) is 54.1 Å². The number of nitrogens with zero attached hydrogens (tertiary/aromatic N) is 4. The van der Waals surface area contributed by atoms with Crippen molar-refractivity contribution in [2.45, 2.75) is 10.9 Å². The molecule has 2 fully saturated rings. The van der Waals surface area contributed by atoms with E-state index in [4.69, 9.17) is 0 Å². The number of hydrogen-bond acceptors (Lipinski definition) is 6. The van der Waals surface area contributed by atoms with Gasteiger partial charge in [0.1, 0.15) is 0 Å². The van der Waals surface area contributed by atoms with Crippen molar-refractivity contribution < 1.29 is 8.42 Å². The van der Waals surface area contributed by atoms with Gasteiger partial charge in [-0.3, -0.25) is 14.3 Å². The number of rotatable bonds is 5. The van der Waals surface area contributed by atoms with Crippen LogP contribution in [0.4, 0.5) is 5.95 Å². The third kappa shape index (κ3) is 3.20. The van der Waals surface area contributed by atoms with Crippen molar-refractivity contribution in [2.24, 2.45) is 18.9 Å². The first-order valence-corrected chi connectivity index (χ1v) is 11.2. The van der Waals surface area contributed by atoms with Gasteiger partial charge in [-0.05, 0) is 36.1 Å². The van der Waals surface area contributed by atoms with Crippen molar-refractivity contribution in [3.8, 4) is 11.3 Å². The number of fused-ring (bicyclic) bond motifs is 1. The lowest BCUT2D eigenvalue weighted by molar-refractivity contribution is 0.435. The van der Waals surface area contributed by atoms with Gasteiger partial charge < -0.3 is 5.32 Å². The smallest absolute Gasteiger partial charge is 0.255 e. The first-order chi connectivity index (χ1) is 14.4. The summed E-state index contributed by atoms with van der Waals surface area (Å²) in [5, 5.41) is 3.36. The van der Waals surface area contributed by atoms with Crippen LogP contribution in [0, 0.1) is 11.8 Å². The Morgan fingerprint density at radius 1 is 1.03 bits per heavy atom. The van der Waals surface area contributed by atoms with Crippen LogP contribution in [0.25, 0.3) is 11.3 Å². The monoisotopic (exact) mass is 423 g/mol. The zero-order valence-electron chi connectivity index (χ0n) is 16.3. The number of aromatic nitrogens is 3. The third-order valence-corrected chi connectivity index (χ3v) is 7.79. The molecule has 2 aliphatic rings. The van der Waals surface area contributed by atoms with Gasteiger partial charge in [0.05, 0.1) is 10.6 Å². The molecular weight excluding hydrogens is 402 g/mol. The first-order valence-electron chi connectivity index (χ1n) is 9.75. The molecule has 9 heteroatoms. The molecule has 3 heterocycles. The summed E-state index contributed by atoms with van der Waals surface area (Å²) in [4.78, 5) is 21.3. The van der Waals surface area contributed by atoms with E-state index in [0.29, 0.717) is 29.6 Å². The molecule has 0 spiro atoms. The van der Waals surface area contributed by atoms with E-state index in [1.165, 1.54) is 10.6 Å². The molecule has 154 valence electrons. The topological polar surface area (TPSA) is 97.2 Å². The lowest BCUT2D eigenvalue weighted by atomic mass is 10.2. The average molecular weight is 423 g/mol. The zero-order chi connectivity index (χ0) is 20.9. The summed E-state index contributed by atoms with van der Waals surface area (Å²) in [5.41, 5.74) is 1.25. The predicted molar refractivity (Wildman–Crippen MR) is 112 cm³/mol. The number of sulfonamides is 1. The van der Waals surface area contributed by atoms with E-state index in [2.05, 4.69) is 15.3 Å². The van der Waals surface area contributed by atoms with Gasteiger partial charge in [0, 0.05) is 50.2 Å². The number of piperidine rings is 1. The second-order valence-corrected chi connectivity index (χ2v) is 9.67. The molecule has 2 aromatic heterocycles. The lowest BCUT2D eigenvalue weighted by Crippen LogP contribution is -2.34. The quantitative estimate of drug-likeness (QED) is 0.669. The lowest BCUT2D eigenvalue weighted by Gasteiger charge is -2.20. The van der Waals surface area contributed by atoms with Gasteiger partial charge in [0.2, 0.25) is 16.0 Å². The molecule has 5 rings (SSSR count). The fourth-order valence-electron chi connectivity index (χ4n) is 4.13. The normalized spacial score (nSPS) is 23.2. The molecule has 0 amide bonds. The minimum Gasteiger partial charge on any atom is -0.352 e. The van der Waals surface area contributed by atoms with Crippen LogP contribution in [-0.4, -0.2) is 46.4 Å². The standard InChI is InChI=1S/C21H21N5O3S/c1-25-19(27)11-18(14-7-9-22-10-8-14)23-21(25)24-20-16-12-26(13-17(16)20)30(28,29)15-5-3-2-4-6-15/h2-11,16-17,20H,12-13H2,1H3,(H,23,24)/t16-,17+,20-. The van der Waals surface area contributed by atoms with E-state index in [9.17, 15) is 13.2 Å². The molecule has 30 heavy (non-hydrogen) atoms. The molecule has 0 unspecified atom stereocenters. The minimum atomic E-state index is -3.47. The van der Waals surface area contributed by atoms with Gasteiger partial charge in [0.25, 0.3) is 5.56 Å². The Balaban J connectivity index is 1.32. The molecule has 1 saturated heterocycles. The number of benzene rings is 1. The molecule has 0 bridgehead atoms. The number of pyridine rings is 1. The van der Waals surface area contributed by atoms with Crippen LogP contribution in [0.3, 0.4) is 0 Å². The highest BCUT2D eigenvalue weighted by atomic mass is 32.2. The van der Waals surface area contributed by atoms with E-state index in [-0.39, 0.29) is 23.4 Å². The van der Waals surface area contributed by atoms with Crippen LogP contribution in [0.2, 0.25) is 0 Å². The highest BCUT2D eigenvalue weighted by Crippen LogP contribution is 2.48. The Morgan fingerprint density at radius 2 is 1.70 bits per heavy atom. The van der Waals surface area contributed by atoms with Crippen molar-refractivity contribution in [2.75, 3.05) is 18.4 Å². The molecule has 1 aliphatic carbocycles. The third-order valence-electron chi connectivity index (χ3n) is 5.95. The van der Waals surface area contributed by atoms with E-state index in [0.717, 1.165) is 5.56 Å². The van der Waals surface area contributed by atoms with E-state index < -0.39 is 10.0 Å². The Hall–Kier alpha value is -3.04. The average Bonchev–Trinajstić information content (AvgIpc) is 3.19. The fraction of sp³-hybridized carbons (Fsp3) is 0.286. The van der Waals surface area contributed by atoms with Gasteiger partial charge >= 0.3 is 0 Å². The van der Waals surface area contributed by atoms with Crippen molar-refractivity contribution in [3.63, 3.8) is 0 Å². The minimum absolute atomic E-state index is 0.109. The molecular formula is C21H21N5O3S. The summed E-state index contributed by atoms with van der Waals surface area (Å²) < 4.78 is 28.7. The van der Waals surface area contributed by atoms with Gasteiger partial charge in [-0.1, -0.05) is 18.2 Å². The SMILES string of the molecule is Cn1c(N[C@@H]2[C@@H]3CN(S(=O)(=O)c4ccccc4)C[C@@H]32)nc(-c2ccncc2)cc1=O. The van der Waals surface area contributed by atoms with Gasteiger partial charge in [-0.15, -0.1) is 0 Å². The van der Waals surface area contributed by atoms with Crippen LogP contribution in [-0.2, 0) is 17.1 Å². The molecule has 1 saturated carbocycles. The van der Waals surface area contributed by atoms with Crippen LogP contribution in [0.5, 0.6) is 0 Å². The predicted octanol–water partition coefficient (Wildman–Crippen LogP) is 1.57. The molecule has 1 N–H and O–H groups in total. The van der Waals surface area contributed by atoms with E-state index in [1.807, 2.05) is 12.1 Å². The Morgan fingerprint density at radius 3 is 2.37 bits per heavy atom. The zero-order valence-corrected chi connectivity index (χ0v) is 17.2. The largest absolute Gasteiger partial charge is 0.352 e. The summed E-state index contributed by atoms with van der Waals surface area (Å²) in [6.07, 6.45) is 3.32. The second-order valence-electron chi connectivity index (χ2n) is 7.73. The molecule has 1 aliphatic heterocycles. The van der Waals surface area contributed by atoms with Crippen molar-refractivity contribution in [3.05, 3.63) is 71.3 Å². The molecule has 3 atom stereocenters. The molecule has 3 aromatic rings. The summed E-state index contributed by atoms with van der Waals surface area (Å²) in [6.45, 7) is 0.940. The Kier molecular flexibility index (Phi) is 4.44. The van der Waals surface area contributed by atoms with Crippen LogP contribution in [0.15, 0.2) is 70.6 Å². The summed E-state index contributed by atoms with van der Waals surface area (Å²) in [6, 6.07) is 13.7. The fourth-order valence-corrected chi connectivity index (χ4v) is 5.66. The number of nitrogens with one attached hydrogen (secondary N) is 1. The van der Waals surface area contributed by atoms with Crippen molar-refractivity contribution in [1.82, 2.24) is 18.8 Å². The van der Waals surface area contributed by atoms with Crippen molar-refractivity contribution in [1.29, 1.82) is 0 Å². The van der Waals surface area contributed by atoms with Crippen LogP contribution in [0.1, 0.15) is 0 Å². The Bertz CT molecular complexity index is 1230. The summed E-state index contributed by atoms with van der Waals surface area (Å²) >= 11 is 0. The maximum absolute atomic E-state index is 12.8. The molecule has 8 nitrogen and oxygen atoms in total. The van der Waals surface area contributed by atoms with E-state index >= 15 is 0 Å². The van der Waals surface area contributed by atoms with Gasteiger partial charge in [-0.2, -0.15) is 4.31 Å². The molecule has 0 radical (unpaired) electrons. The van der Waals surface area contributed by atoms with Crippen LogP contribution < -0.4 is 10.9 Å². The maximum atomic E-state index is 12.8. The first kappa shape index (κ1) is 19.0. The van der Waals surface area contributed by atoms with Gasteiger partial charge in [-0.25, -0.2) is 13.4 Å². The highest BCUT2D eigenvalue weighted by molar-refractivity contribution is 7.89. The van der Waals surface area contributed by atoms with Crippen molar-refractivity contribution >= 4 is 16.0 Å². The highest BCUT2D eigenvalue weighted by Gasteiger charge is 2.58. The van der Waals surface area contributed by atoms with Gasteiger partial charge in [0.15, 0.2) is 0 Å². The molecule has 1 aromatic carbocycles. The number of hydrogen-bond donors (Lipinski definition) is 1. The summed E-state index contributed by atoms with van der Waals surface area (Å²) in [5.74, 6) is 0.918. The maximum Gasteiger partial charge on any atom is 0.255 e.